The van der Waals surface area contributed by atoms with E-state index in [1.54, 1.807) is 0 Å². The van der Waals surface area contributed by atoms with Gasteiger partial charge in [0.25, 0.3) is 0 Å². The standard InChI is InChI=1S/C6H10Cl2O3/c7-1-2-10-3-4-11-5-6(8)9/h1-5H2. The maximum Gasteiger partial charge on any atom is 0.247 e. The van der Waals surface area contributed by atoms with Crippen LogP contribution in [0.4, 0.5) is 0 Å². The van der Waals surface area contributed by atoms with E-state index in [-0.39, 0.29) is 6.61 Å². The van der Waals surface area contributed by atoms with E-state index in [0.29, 0.717) is 25.7 Å². The van der Waals surface area contributed by atoms with Crippen molar-refractivity contribution in [3.8, 4) is 0 Å². The molecule has 0 amide bonds. The summed E-state index contributed by atoms with van der Waals surface area (Å²) in [7, 11) is 0. The molecule has 5 heteroatoms. The molecule has 11 heavy (non-hydrogen) atoms. The van der Waals surface area contributed by atoms with Gasteiger partial charge in [-0.25, -0.2) is 0 Å². The summed E-state index contributed by atoms with van der Waals surface area (Å²) in [5.74, 6) is 0.467. The first kappa shape index (κ1) is 11.2. The molecule has 0 aromatic heterocycles. The molecule has 0 fully saturated rings. The van der Waals surface area contributed by atoms with Crippen LogP contribution in [0.1, 0.15) is 0 Å². The Hall–Kier alpha value is 0.170. The predicted octanol–water partition coefficient (Wildman–Crippen LogP) is 1.02. The van der Waals surface area contributed by atoms with Crippen LogP contribution in [-0.4, -0.2) is 37.5 Å². The third-order valence-electron chi connectivity index (χ3n) is 0.809. The number of halogens is 2. The second kappa shape index (κ2) is 8.27. The smallest absolute Gasteiger partial charge is 0.247 e. The van der Waals surface area contributed by atoms with Crippen molar-refractivity contribution < 1.29 is 14.3 Å². The molecule has 3 nitrogen and oxygen atoms in total. The molecule has 0 saturated heterocycles. The van der Waals surface area contributed by atoms with E-state index >= 15 is 0 Å². The normalized spacial score (nSPS) is 10.0. The Kier molecular flexibility index (Phi) is 8.40. The fraction of sp³-hybridized carbons (Fsp3) is 0.833. The van der Waals surface area contributed by atoms with Gasteiger partial charge in [-0.1, -0.05) is 0 Å². The summed E-state index contributed by atoms with van der Waals surface area (Å²) in [5, 5.41) is -0.498. The lowest BCUT2D eigenvalue weighted by molar-refractivity contribution is -0.116. The lowest BCUT2D eigenvalue weighted by atomic mass is 10.7. The largest absolute Gasteiger partial charge is 0.378 e. The Morgan fingerprint density at radius 1 is 1.18 bits per heavy atom. The molecule has 0 radical (unpaired) electrons. The molecule has 0 aromatic carbocycles. The van der Waals surface area contributed by atoms with Crippen LogP contribution in [0.25, 0.3) is 0 Å². The summed E-state index contributed by atoms with van der Waals surface area (Å²) in [6, 6.07) is 0. The maximum atomic E-state index is 10.1. The van der Waals surface area contributed by atoms with Crippen molar-refractivity contribution in [2.75, 3.05) is 32.3 Å². The lowest BCUT2D eigenvalue weighted by Crippen LogP contribution is -2.09. The van der Waals surface area contributed by atoms with Crippen LogP contribution < -0.4 is 0 Å². The summed E-state index contributed by atoms with van der Waals surface area (Å²) in [4.78, 5) is 10.1. The van der Waals surface area contributed by atoms with E-state index in [9.17, 15) is 4.79 Å². The van der Waals surface area contributed by atoms with Gasteiger partial charge in [-0.15, -0.1) is 11.6 Å². The average molecular weight is 201 g/mol. The van der Waals surface area contributed by atoms with Crippen molar-refractivity contribution in [3.63, 3.8) is 0 Å². The summed E-state index contributed by atoms with van der Waals surface area (Å²) in [6.07, 6.45) is 0. The SMILES string of the molecule is O=C(Cl)COCCOCCCl. The molecule has 0 N–H and O–H groups in total. The average Bonchev–Trinajstić information content (AvgIpc) is 1.96. The molecule has 0 rings (SSSR count). The van der Waals surface area contributed by atoms with Crippen molar-refractivity contribution in [2.24, 2.45) is 0 Å². The van der Waals surface area contributed by atoms with Gasteiger partial charge in [-0.3, -0.25) is 4.79 Å². The maximum absolute atomic E-state index is 10.1. The van der Waals surface area contributed by atoms with Crippen molar-refractivity contribution in [1.29, 1.82) is 0 Å². The minimum absolute atomic E-state index is 0.0637. The number of hydrogen-bond acceptors (Lipinski definition) is 3. The first-order valence-corrected chi connectivity index (χ1v) is 4.08. The van der Waals surface area contributed by atoms with Crippen LogP contribution in [0.2, 0.25) is 0 Å². The van der Waals surface area contributed by atoms with Gasteiger partial charge in [0.1, 0.15) is 6.61 Å². The third kappa shape index (κ3) is 10.2. The third-order valence-corrected chi connectivity index (χ3v) is 1.07. The molecule has 0 aromatic rings. The van der Waals surface area contributed by atoms with E-state index in [2.05, 4.69) is 0 Å². The zero-order valence-corrected chi connectivity index (χ0v) is 7.53. The number of ether oxygens (including phenoxy) is 2. The minimum Gasteiger partial charge on any atom is -0.378 e. The number of rotatable bonds is 7. The van der Waals surface area contributed by atoms with E-state index in [1.165, 1.54) is 0 Å². The van der Waals surface area contributed by atoms with Crippen LogP contribution in [0.15, 0.2) is 0 Å². The van der Waals surface area contributed by atoms with Crippen molar-refractivity contribution in [2.45, 2.75) is 0 Å². The summed E-state index contributed by atoms with van der Waals surface area (Å²) >= 11 is 10.3. The van der Waals surface area contributed by atoms with Gasteiger partial charge in [0.15, 0.2) is 0 Å². The first-order chi connectivity index (χ1) is 5.27. The highest BCUT2D eigenvalue weighted by molar-refractivity contribution is 6.63. The fourth-order valence-corrected chi connectivity index (χ4v) is 0.613. The van der Waals surface area contributed by atoms with Crippen molar-refractivity contribution >= 4 is 28.4 Å². The van der Waals surface area contributed by atoms with Gasteiger partial charge < -0.3 is 9.47 Å². The molecule has 0 spiro atoms. The molecule has 0 aliphatic heterocycles. The van der Waals surface area contributed by atoms with Gasteiger partial charge in [-0.2, -0.15) is 0 Å². The van der Waals surface area contributed by atoms with Crippen LogP contribution in [0.3, 0.4) is 0 Å². The molecular formula is C6H10Cl2O3. The van der Waals surface area contributed by atoms with E-state index in [1.807, 2.05) is 0 Å². The Labute approximate surface area is 75.6 Å². The summed E-state index contributed by atoms with van der Waals surface area (Å²) in [6.45, 7) is 1.25. The number of carbonyl (C=O) groups excluding carboxylic acids is 1. The van der Waals surface area contributed by atoms with Gasteiger partial charge in [0, 0.05) is 5.88 Å². The number of hydrogen-bond donors (Lipinski definition) is 0. The van der Waals surface area contributed by atoms with Crippen molar-refractivity contribution in [1.82, 2.24) is 0 Å². The Morgan fingerprint density at radius 2 is 1.82 bits per heavy atom. The zero-order chi connectivity index (χ0) is 8.53. The zero-order valence-electron chi connectivity index (χ0n) is 6.02. The minimum atomic E-state index is -0.498. The van der Waals surface area contributed by atoms with Crippen LogP contribution in [0, 0.1) is 0 Å². The van der Waals surface area contributed by atoms with E-state index < -0.39 is 5.24 Å². The van der Waals surface area contributed by atoms with E-state index in [4.69, 9.17) is 32.7 Å². The molecular weight excluding hydrogens is 191 g/mol. The van der Waals surface area contributed by atoms with Gasteiger partial charge in [0.2, 0.25) is 5.24 Å². The van der Waals surface area contributed by atoms with Gasteiger partial charge in [-0.05, 0) is 11.6 Å². The quantitative estimate of drug-likeness (QED) is 0.350. The molecule has 0 atom stereocenters. The fourth-order valence-electron chi connectivity index (χ4n) is 0.427. The van der Waals surface area contributed by atoms with Gasteiger partial charge >= 0.3 is 0 Å². The van der Waals surface area contributed by atoms with E-state index in [0.717, 1.165) is 0 Å². The molecule has 0 saturated carbocycles. The summed E-state index contributed by atoms with van der Waals surface area (Å²) in [5.41, 5.74) is 0. The second-order valence-corrected chi connectivity index (χ2v) is 2.51. The van der Waals surface area contributed by atoms with Gasteiger partial charge in [0.05, 0.1) is 19.8 Å². The van der Waals surface area contributed by atoms with Crippen molar-refractivity contribution in [3.05, 3.63) is 0 Å². The number of carbonyl (C=O) groups is 1. The molecule has 0 unspecified atom stereocenters. The molecule has 0 heterocycles. The Morgan fingerprint density at radius 3 is 2.36 bits per heavy atom. The molecule has 0 aliphatic rings. The molecule has 66 valence electrons. The van der Waals surface area contributed by atoms with Crippen LogP contribution in [0.5, 0.6) is 0 Å². The lowest BCUT2D eigenvalue weighted by Gasteiger charge is -2.00. The number of alkyl halides is 1. The Bertz CT molecular complexity index is 108. The van der Waals surface area contributed by atoms with Crippen LogP contribution >= 0.6 is 23.2 Å². The first-order valence-electron chi connectivity index (χ1n) is 3.17. The second-order valence-electron chi connectivity index (χ2n) is 1.71. The Balaban J connectivity index is 2.85. The monoisotopic (exact) mass is 200 g/mol. The highest BCUT2D eigenvalue weighted by Crippen LogP contribution is 1.84. The summed E-state index contributed by atoms with van der Waals surface area (Å²) < 4.78 is 9.75. The molecule has 0 bridgehead atoms. The highest BCUT2D eigenvalue weighted by atomic mass is 35.5. The molecule has 0 aliphatic carbocycles. The predicted molar refractivity (Wildman–Crippen MR) is 43.2 cm³/mol. The highest BCUT2D eigenvalue weighted by Gasteiger charge is 1.94. The topological polar surface area (TPSA) is 35.5 Å². The van der Waals surface area contributed by atoms with Crippen LogP contribution in [-0.2, 0) is 14.3 Å².